The first kappa shape index (κ1) is 16.5. The minimum Gasteiger partial charge on any atom is -0.381 e. The van der Waals surface area contributed by atoms with Crippen molar-refractivity contribution in [2.75, 3.05) is 11.6 Å². The average molecular weight is 339 g/mol. The Balaban J connectivity index is 2.03. The van der Waals surface area contributed by atoms with Crippen LogP contribution in [0.5, 0.6) is 0 Å². The lowest BCUT2D eigenvalue weighted by Crippen LogP contribution is -2.34. The molecule has 0 heterocycles. The van der Waals surface area contributed by atoms with E-state index in [9.17, 15) is 21.6 Å². The molecule has 0 saturated heterocycles. The van der Waals surface area contributed by atoms with E-state index in [0.717, 1.165) is 12.8 Å². The van der Waals surface area contributed by atoms with Crippen LogP contribution in [0.15, 0.2) is 29.2 Å². The first-order chi connectivity index (χ1) is 9.65. The normalized spacial score (nSPS) is 23.2. The Bertz CT molecular complexity index is 584. The molecular weight excluding hydrogens is 323 g/mol. The highest BCUT2D eigenvalue weighted by atomic mass is 32.2. The van der Waals surface area contributed by atoms with E-state index < -0.39 is 20.6 Å². The summed E-state index contributed by atoms with van der Waals surface area (Å²) in [5.41, 5.74) is -3.66. The van der Waals surface area contributed by atoms with Crippen molar-refractivity contribution in [1.82, 2.24) is 0 Å². The van der Waals surface area contributed by atoms with Crippen LogP contribution < -0.4 is 5.32 Å². The molecule has 2 rings (SSSR count). The molecule has 1 aliphatic rings. The Kier molecular flexibility index (Phi) is 4.77. The molecule has 0 spiro atoms. The summed E-state index contributed by atoms with van der Waals surface area (Å²) in [6.07, 6.45) is 3.42. The van der Waals surface area contributed by atoms with Crippen LogP contribution >= 0.6 is 11.8 Å². The van der Waals surface area contributed by atoms with E-state index in [2.05, 4.69) is 5.32 Å². The van der Waals surface area contributed by atoms with Gasteiger partial charge >= 0.3 is 5.51 Å². The highest BCUT2D eigenvalue weighted by molar-refractivity contribution is 8.00. The standard InChI is InChI=1S/C13H16F3NO2S2/c1-21(18,19)12-4-2-3-11(12)17-9-5-7-10(8-6-9)20-13(14,15)16/h5-8,11-12,17H,2-4H2,1H3. The largest absolute Gasteiger partial charge is 0.446 e. The van der Waals surface area contributed by atoms with Crippen LogP contribution in [0.4, 0.5) is 18.9 Å². The summed E-state index contributed by atoms with van der Waals surface area (Å²) in [6.45, 7) is 0. The molecule has 0 amide bonds. The topological polar surface area (TPSA) is 46.2 Å². The van der Waals surface area contributed by atoms with Crippen LogP contribution in [-0.2, 0) is 9.84 Å². The zero-order chi connectivity index (χ0) is 15.7. The Morgan fingerprint density at radius 1 is 1.19 bits per heavy atom. The molecule has 21 heavy (non-hydrogen) atoms. The summed E-state index contributed by atoms with van der Waals surface area (Å²) in [5, 5.41) is 2.69. The number of nitrogens with one attached hydrogen (secondary N) is 1. The van der Waals surface area contributed by atoms with Crippen LogP contribution in [0.1, 0.15) is 19.3 Å². The number of rotatable bonds is 4. The van der Waals surface area contributed by atoms with Crippen LogP contribution in [0, 0.1) is 0 Å². The third-order valence-corrected chi connectivity index (χ3v) is 5.85. The molecule has 1 aliphatic carbocycles. The second-order valence-electron chi connectivity index (χ2n) is 5.12. The van der Waals surface area contributed by atoms with Gasteiger partial charge in [-0.25, -0.2) is 8.42 Å². The van der Waals surface area contributed by atoms with Crippen LogP contribution in [0.25, 0.3) is 0 Å². The van der Waals surface area contributed by atoms with Crippen LogP contribution in [0.2, 0.25) is 0 Å². The number of sulfone groups is 1. The molecule has 118 valence electrons. The van der Waals surface area contributed by atoms with Crippen molar-refractivity contribution in [3.05, 3.63) is 24.3 Å². The smallest absolute Gasteiger partial charge is 0.381 e. The molecule has 2 atom stereocenters. The summed E-state index contributed by atoms with van der Waals surface area (Å²) in [5.74, 6) is 0. The van der Waals surface area contributed by atoms with Gasteiger partial charge in [-0.05, 0) is 55.3 Å². The molecular formula is C13H16F3NO2S2. The summed E-state index contributed by atoms with van der Waals surface area (Å²) in [6, 6.07) is 5.67. The minimum atomic E-state index is -4.30. The van der Waals surface area contributed by atoms with Gasteiger partial charge in [0.15, 0.2) is 9.84 Å². The molecule has 3 nitrogen and oxygen atoms in total. The fraction of sp³-hybridized carbons (Fsp3) is 0.538. The number of anilines is 1. The number of halogens is 3. The monoisotopic (exact) mass is 339 g/mol. The Hall–Kier alpha value is -0.890. The van der Waals surface area contributed by atoms with Crippen molar-refractivity contribution in [3.63, 3.8) is 0 Å². The number of hydrogen-bond donors (Lipinski definition) is 1. The SMILES string of the molecule is CS(=O)(=O)C1CCCC1Nc1ccc(SC(F)(F)F)cc1. The van der Waals surface area contributed by atoms with Crippen LogP contribution in [0.3, 0.4) is 0 Å². The lowest BCUT2D eigenvalue weighted by atomic mass is 10.2. The molecule has 0 radical (unpaired) electrons. The molecule has 1 aromatic carbocycles. The van der Waals surface area contributed by atoms with Gasteiger partial charge in [0.1, 0.15) is 0 Å². The lowest BCUT2D eigenvalue weighted by Gasteiger charge is -2.20. The van der Waals surface area contributed by atoms with Crippen molar-refractivity contribution < 1.29 is 21.6 Å². The number of hydrogen-bond acceptors (Lipinski definition) is 4. The first-order valence-corrected chi connectivity index (χ1v) is 9.23. The predicted molar refractivity (Wildman–Crippen MR) is 78.2 cm³/mol. The van der Waals surface area contributed by atoms with Gasteiger partial charge in [0, 0.05) is 22.9 Å². The zero-order valence-electron chi connectivity index (χ0n) is 11.4. The van der Waals surface area contributed by atoms with E-state index in [1.165, 1.54) is 18.4 Å². The number of alkyl halides is 3. The van der Waals surface area contributed by atoms with Crippen molar-refractivity contribution in [2.24, 2.45) is 0 Å². The Labute approximate surface area is 126 Å². The molecule has 8 heteroatoms. The van der Waals surface area contributed by atoms with Gasteiger partial charge in [-0.3, -0.25) is 0 Å². The fourth-order valence-corrected chi connectivity index (χ4v) is 4.51. The maximum atomic E-state index is 12.2. The van der Waals surface area contributed by atoms with E-state index >= 15 is 0 Å². The van der Waals surface area contributed by atoms with E-state index in [0.29, 0.717) is 12.1 Å². The van der Waals surface area contributed by atoms with Crippen molar-refractivity contribution in [2.45, 2.75) is 41.0 Å². The third kappa shape index (κ3) is 4.81. The summed E-state index contributed by atoms with van der Waals surface area (Å²) in [7, 11) is -3.12. The van der Waals surface area contributed by atoms with Gasteiger partial charge in [-0.15, -0.1) is 0 Å². The van der Waals surface area contributed by atoms with Gasteiger partial charge in [-0.2, -0.15) is 13.2 Å². The molecule has 1 saturated carbocycles. The third-order valence-electron chi connectivity index (χ3n) is 3.44. The van der Waals surface area contributed by atoms with Gasteiger partial charge in [-0.1, -0.05) is 0 Å². The first-order valence-electron chi connectivity index (χ1n) is 6.46. The molecule has 0 aromatic heterocycles. The molecule has 0 aliphatic heterocycles. The minimum absolute atomic E-state index is 0.110. The quantitative estimate of drug-likeness (QED) is 0.850. The number of benzene rings is 1. The van der Waals surface area contributed by atoms with Gasteiger partial charge in [0.05, 0.1) is 5.25 Å². The van der Waals surface area contributed by atoms with E-state index in [-0.39, 0.29) is 22.7 Å². The summed E-state index contributed by atoms with van der Waals surface area (Å²) >= 11 is -0.167. The second kappa shape index (κ2) is 6.08. The molecule has 2 unspecified atom stereocenters. The predicted octanol–water partition coefficient (Wildman–Crippen LogP) is 3.68. The van der Waals surface area contributed by atoms with E-state index in [1.54, 1.807) is 12.1 Å². The highest BCUT2D eigenvalue weighted by Gasteiger charge is 2.34. The molecule has 1 fully saturated rings. The number of thioether (sulfide) groups is 1. The Morgan fingerprint density at radius 3 is 2.33 bits per heavy atom. The van der Waals surface area contributed by atoms with E-state index in [1.807, 2.05) is 0 Å². The summed E-state index contributed by atoms with van der Waals surface area (Å²) < 4.78 is 60.1. The Morgan fingerprint density at radius 2 is 1.81 bits per heavy atom. The maximum Gasteiger partial charge on any atom is 0.446 e. The van der Waals surface area contributed by atoms with Gasteiger partial charge in [0.2, 0.25) is 0 Å². The molecule has 1 aromatic rings. The van der Waals surface area contributed by atoms with Crippen LogP contribution in [-0.4, -0.2) is 31.5 Å². The second-order valence-corrected chi connectivity index (χ2v) is 8.52. The lowest BCUT2D eigenvalue weighted by molar-refractivity contribution is -0.0328. The average Bonchev–Trinajstić information content (AvgIpc) is 2.77. The highest BCUT2D eigenvalue weighted by Crippen LogP contribution is 2.37. The maximum absolute atomic E-state index is 12.2. The van der Waals surface area contributed by atoms with E-state index in [4.69, 9.17) is 0 Å². The zero-order valence-corrected chi connectivity index (χ0v) is 13.0. The molecule has 1 N–H and O–H groups in total. The summed E-state index contributed by atoms with van der Waals surface area (Å²) in [4.78, 5) is 0.110. The van der Waals surface area contributed by atoms with Crippen molar-refractivity contribution >= 4 is 27.3 Å². The van der Waals surface area contributed by atoms with Crippen molar-refractivity contribution in [1.29, 1.82) is 0 Å². The molecule has 0 bridgehead atoms. The van der Waals surface area contributed by atoms with Crippen molar-refractivity contribution in [3.8, 4) is 0 Å². The van der Waals surface area contributed by atoms with Gasteiger partial charge in [0.25, 0.3) is 0 Å². The van der Waals surface area contributed by atoms with Gasteiger partial charge < -0.3 is 5.32 Å². The fourth-order valence-electron chi connectivity index (χ4n) is 2.57.